The van der Waals surface area contributed by atoms with Crippen LogP contribution >= 0.6 is 0 Å². The van der Waals surface area contributed by atoms with Crippen LogP contribution in [0.25, 0.3) is 0 Å². The standard InChI is InChI=1S/C19H22N2O5/c20-10-16(22)14-6-8-15(9-7-14)18(24)17(23)11-21-19(25)26-12-13-4-2-1-3-5-13/h1-9,17-18,23-24H,10-12,20H2,(H,21,25). The number of nitrogens with two attached hydrogens (primary N) is 1. The summed E-state index contributed by atoms with van der Waals surface area (Å²) >= 11 is 0. The third-order valence-electron chi connectivity index (χ3n) is 3.79. The van der Waals surface area contributed by atoms with E-state index in [0.717, 1.165) is 5.56 Å². The maximum atomic E-state index is 11.7. The van der Waals surface area contributed by atoms with Gasteiger partial charge in [-0.25, -0.2) is 4.79 Å². The number of benzene rings is 2. The van der Waals surface area contributed by atoms with Crippen molar-refractivity contribution in [1.29, 1.82) is 0 Å². The first kappa shape index (κ1) is 19.6. The molecule has 5 N–H and O–H groups in total. The quantitative estimate of drug-likeness (QED) is 0.525. The maximum absolute atomic E-state index is 11.7. The van der Waals surface area contributed by atoms with Gasteiger partial charge in [0.05, 0.1) is 6.54 Å². The number of hydrogen-bond donors (Lipinski definition) is 4. The van der Waals surface area contributed by atoms with Crippen LogP contribution in [0, 0.1) is 0 Å². The summed E-state index contributed by atoms with van der Waals surface area (Å²) in [5.41, 5.74) is 6.98. The number of hydrogen-bond acceptors (Lipinski definition) is 6. The summed E-state index contributed by atoms with van der Waals surface area (Å²) in [4.78, 5) is 23.1. The van der Waals surface area contributed by atoms with Crippen molar-refractivity contribution in [1.82, 2.24) is 5.32 Å². The smallest absolute Gasteiger partial charge is 0.407 e. The second-order valence-electron chi connectivity index (χ2n) is 5.70. The van der Waals surface area contributed by atoms with Crippen molar-refractivity contribution in [2.24, 2.45) is 5.73 Å². The molecule has 1 amide bonds. The van der Waals surface area contributed by atoms with Gasteiger partial charge >= 0.3 is 6.09 Å². The van der Waals surface area contributed by atoms with Crippen molar-refractivity contribution < 1.29 is 24.5 Å². The summed E-state index contributed by atoms with van der Waals surface area (Å²) < 4.78 is 5.03. The first-order valence-corrected chi connectivity index (χ1v) is 8.15. The van der Waals surface area contributed by atoms with Crippen molar-refractivity contribution in [3.05, 3.63) is 71.3 Å². The molecule has 0 aliphatic rings. The lowest BCUT2D eigenvalue weighted by Crippen LogP contribution is -2.35. The number of rotatable bonds is 8. The van der Waals surface area contributed by atoms with E-state index in [-0.39, 0.29) is 25.5 Å². The number of ketones is 1. The Morgan fingerprint density at radius 2 is 1.69 bits per heavy atom. The molecule has 0 heterocycles. The molecule has 0 radical (unpaired) electrons. The molecule has 0 bridgehead atoms. The highest BCUT2D eigenvalue weighted by Crippen LogP contribution is 2.17. The Hall–Kier alpha value is -2.74. The summed E-state index contributed by atoms with van der Waals surface area (Å²) in [5.74, 6) is -0.214. The lowest BCUT2D eigenvalue weighted by molar-refractivity contribution is 0.0184. The van der Waals surface area contributed by atoms with E-state index >= 15 is 0 Å². The second kappa shape index (κ2) is 9.67. The highest BCUT2D eigenvalue weighted by molar-refractivity contribution is 5.97. The summed E-state index contributed by atoms with van der Waals surface area (Å²) in [7, 11) is 0. The van der Waals surface area contributed by atoms with Gasteiger partial charge in [0.1, 0.15) is 18.8 Å². The number of amides is 1. The fourth-order valence-electron chi connectivity index (χ4n) is 2.28. The summed E-state index contributed by atoms with van der Waals surface area (Å²) in [6.07, 6.45) is -3.13. The minimum atomic E-state index is -1.23. The van der Waals surface area contributed by atoms with Crippen LogP contribution in [0.15, 0.2) is 54.6 Å². The van der Waals surface area contributed by atoms with Crippen molar-refractivity contribution in [2.75, 3.05) is 13.1 Å². The third kappa shape index (κ3) is 5.66. The highest BCUT2D eigenvalue weighted by atomic mass is 16.5. The molecule has 2 rings (SSSR count). The number of Topliss-reactive ketones (excluding diaryl/α,β-unsaturated/α-hetero) is 1. The van der Waals surface area contributed by atoms with Gasteiger partial charge in [0.2, 0.25) is 0 Å². The van der Waals surface area contributed by atoms with Crippen molar-refractivity contribution in [3.8, 4) is 0 Å². The average Bonchev–Trinajstić information content (AvgIpc) is 2.70. The molecule has 26 heavy (non-hydrogen) atoms. The van der Waals surface area contributed by atoms with Crippen molar-refractivity contribution >= 4 is 11.9 Å². The topological polar surface area (TPSA) is 122 Å². The molecular weight excluding hydrogens is 336 g/mol. The number of nitrogens with one attached hydrogen (secondary N) is 1. The number of ether oxygens (including phenoxy) is 1. The van der Waals surface area contributed by atoms with Crippen LogP contribution in [0.4, 0.5) is 4.79 Å². The number of carbonyl (C=O) groups is 2. The molecule has 0 saturated carbocycles. The normalized spacial score (nSPS) is 12.9. The average molecular weight is 358 g/mol. The molecule has 2 aromatic rings. The molecule has 0 aliphatic heterocycles. The zero-order valence-corrected chi connectivity index (χ0v) is 14.2. The van der Waals surface area contributed by atoms with E-state index in [4.69, 9.17) is 10.5 Å². The minimum absolute atomic E-state index is 0.0977. The van der Waals surface area contributed by atoms with E-state index in [1.807, 2.05) is 30.3 Å². The maximum Gasteiger partial charge on any atom is 0.407 e. The Morgan fingerprint density at radius 3 is 2.31 bits per heavy atom. The van der Waals surface area contributed by atoms with Gasteiger partial charge in [0, 0.05) is 12.1 Å². The van der Waals surface area contributed by atoms with Crippen LogP contribution in [0.5, 0.6) is 0 Å². The number of carbonyl (C=O) groups excluding carboxylic acids is 2. The molecule has 0 aliphatic carbocycles. The zero-order valence-electron chi connectivity index (χ0n) is 14.2. The number of aliphatic hydroxyl groups excluding tert-OH is 2. The van der Waals surface area contributed by atoms with E-state index < -0.39 is 18.3 Å². The second-order valence-corrected chi connectivity index (χ2v) is 5.70. The molecule has 0 saturated heterocycles. The van der Waals surface area contributed by atoms with Crippen LogP contribution in [0.3, 0.4) is 0 Å². The van der Waals surface area contributed by atoms with Gasteiger partial charge in [-0.3, -0.25) is 4.79 Å². The molecule has 0 aromatic heterocycles. The van der Waals surface area contributed by atoms with Gasteiger partial charge < -0.3 is 26.0 Å². The van der Waals surface area contributed by atoms with Crippen molar-refractivity contribution in [3.63, 3.8) is 0 Å². The summed E-state index contributed by atoms with van der Waals surface area (Å²) in [5, 5.41) is 22.6. The monoisotopic (exact) mass is 358 g/mol. The fraction of sp³-hybridized carbons (Fsp3) is 0.263. The Labute approximate surface area is 151 Å². The number of aliphatic hydroxyl groups is 2. The Bertz CT molecular complexity index is 718. The molecule has 138 valence electrons. The molecule has 2 atom stereocenters. The van der Waals surface area contributed by atoms with Crippen LogP contribution in [-0.4, -0.2) is 41.3 Å². The summed E-state index contributed by atoms with van der Waals surface area (Å²) in [6.45, 7) is -0.167. The predicted octanol–water partition coefficient (Wildman–Crippen LogP) is 1.15. The Morgan fingerprint density at radius 1 is 1.04 bits per heavy atom. The largest absolute Gasteiger partial charge is 0.445 e. The lowest BCUT2D eigenvalue weighted by atomic mass is 10.0. The van der Waals surface area contributed by atoms with E-state index in [0.29, 0.717) is 11.1 Å². The van der Waals surface area contributed by atoms with Crippen LogP contribution < -0.4 is 11.1 Å². The highest BCUT2D eigenvalue weighted by Gasteiger charge is 2.19. The van der Waals surface area contributed by atoms with Gasteiger partial charge in [-0.15, -0.1) is 0 Å². The van der Waals surface area contributed by atoms with Crippen molar-refractivity contribution in [2.45, 2.75) is 18.8 Å². The first-order valence-electron chi connectivity index (χ1n) is 8.15. The molecule has 2 aromatic carbocycles. The van der Waals surface area contributed by atoms with E-state index in [2.05, 4.69) is 5.32 Å². The molecule has 2 unspecified atom stereocenters. The first-order chi connectivity index (χ1) is 12.5. The molecule has 7 heteroatoms. The summed E-state index contributed by atoms with van der Waals surface area (Å²) in [6, 6.07) is 15.3. The fourth-order valence-corrected chi connectivity index (χ4v) is 2.28. The van der Waals surface area contributed by atoms with E-state index in [1.54, 1.807) is 0 Å². The molecule has 0 spiro atoms. The zero-order chi connectivity index (χ0) is 18.9. The van der Waals surface area contributed by atoms with Gasteiger partial charge in [-0.2, -0.15) is 0 Å². The van der Waals surface area contributed by atoms with Gasteiger partial charge in [0.15, 0.2) is 5.78 Å². The van der Waals surface area contributed by atoms with E-state index in [1.165, 1.54) is 24.3 Å². The van der Waals surface area contributed by atoms with Gasteiger partial charge in [-0.1, -0.05) is 54.6 Å². The van der Waals surface area contributed by atoms with Gasteiger partial charge in [0.25, 0.3) is 0 Å². The SMILES string of the molecule is NCC(=O)c1ccc(C(O)C(O)CNC(=O)OCc2ccccc2)cc1. The molecule has 7 nitrogen and oxygen atoms in total. The minimum Gasteiger partial charge on any atom is -0.445 e. The van der Waals surface area contributed by atoms with Crippen LogP contribution in [0.1, 0.15) is 27.6 Å². The third-order valence-corrected chi connectivity index (χ3v) is 3.79. The predicted molar refractivity (Wildman–Crippen MR) is 95.4 cm³/mol. The van der Waals surface area contributed by atoms with Gasteiger partial charge in [-0.05, 0) is 11.1 Å². The van der Waals surface area contributed by atoms with Crippen LogP contribution in [0.2, 0.25) is 0 Å². The molecular formula is C19H22N2O5. The Balaban J connectivity index is 1.80. The number of alkyl carbamates (subject to hydrolysis) is 1. The Kier molecular flexibility index (Phi) is 7.28. The molecule has 0 fully saturated rings. The van der Waals surface area contributed by atoms with E-state index in [9.17, 15) is 19.8 Å². The van der Waals surface area contributed by atoms with Crippen LogP contribution in [-0.2, 0) is 11.3 Å². The lowest BCUT2D eigenvalue weighted by Gasteiger charge is -2.19.